The van der Waals surface area contributed by atoms with Crippen molar-refractivity contribution in [3.05, 3.63) is 22.4 Å². The minimum Gasteiger partial charge on any atom is -0.304 e. The van der Waals surface area contributed by atoms with E-state index in [1.165, 1.54) is 31.6 Å². The number of nitrogens with zero attached hydrogens (tertiary/aromatic N) is 1. The van der Waals surface area contributed by atoms with Crippen LogP contribution in [0.1, 0.15) is 19.4 Å². The molecule has 0 spiro atoms. The lowest BCUT2D eigenvalue weighted by atomic mass is 10.2. The highest BCUT2D eigenvalue weighted by atomic mass is 32.1. The molecule has 1 heterocycles. The summed E-state index contributed by atoms with van der Waals surface area (Å²) in [7, 11) is 0. The van der Waals surface area contributed by atoms with Crippen molar-refractivity contribution in [1.82, 2.24) is 4.90 Å². The standard InChI is InChI=1S/C10H17NS/c1-3-11(4-2)7-5-10-6-8-12-9-10/h6,8-9H,3-5,7H2,1-2H3. The van der Waals surface area contributed by atoms with Crippen LogP contribution in [0, 0.1) is 0 Å². The third kappa shape index (κ3) is 2.95. The molecule has 68 valence electrons. The maximum atomic E-state index is 2.46. The molecule has 0 bridgehead atoms. The summed E-state index contributed by atoms with van der Waals surface area (Å²) in [6.07, 6.45) is 1.20. The average molecular weight is 183 g/mol. The fourth-order valence-corrected chi connectivity index (χ4v) is 1.97. The van der Waals surface area contributed by atoms with E-state index in [9.17, 15) is 0 Å². The van der Waals surface area contributed by atoms with Crippen molar-refractivity contribution >= 4 is 11.3 Å². The molecule has 0 fully saturated rings. The first-order valence-electron chi connectivity index (χ1n) is 4.60. The number of hydrogen-bond acceptors (Lipinski definition) is 2. The van der Waals surface area contributed by atoms with Gasteiger partial charge in [-0.2, -0.15) is 11.3 Å². The lowest BCUT2D eigenvalue weighted by Gasteiger charge is -2.16. The second-order valence-corrected chi connectivity index (χ2v) is 3.69. The van der Waals surface area contributed by atoms with E-state index in [4.69, 9.17) is 0 Å². The molecule has 0 saturated heterocycles. The van der Waals surface area contributed by atoms with E-state index in [1.807, 2.05) is 0 Å². The molecule has 0 unspecified atom stereocenters. The highest BCUT2D eigenvalue weighted by molar-refractivity contribution is 7.07. The molecule has 1 aromatic heterocycles. The first kappa shape index (κ1) is 9.75. The van der Waals surface area contributed by atoms with Crippen molar-refractivity contribution in [3.63, 3.8) is 0 Å². The molecule has 0 atom stereocenters. The van der Waals surface area contributed by atoms with Crippen LogP contribution in [-0.2, 0) is 6.42 Å². The molecule has 0 radical (unpaired) electrons. The van der Waals surface area contributed by atoms with Crippen LogP contribution in [0.3, 0.4) is 0 Å². The van der Waals surface area contributed by atoms with Gasteiger partial charge >= 0.3 is 0 Å². The maximum absolute atomic E-state index is 2.46. The van der Waals surface area contributed by atoms with Crippen molar-refractivity contribution in [2.75, 3.05) is 19.6 Å². The van der Waals surface area contributed by atoms with Gasteiger partial charge in [-0.1, -0.05) is 13.8 Å². The van der Waals surface area contributed by atoms with Gasteiger partial charge < -0.3 is 4.90 Å². The summed E-state index contributed by atoms with van der Waals surface area (Å²) >= 11 is 1.79. The minimum absolute atomic E-state index is 1.17. The molecule has 1 rings (SSSR count). The van der Waals surface area contributed by atoms with Crippen molar-refractivity contribution in [2.24, 2.45) is 0 Å². The smallest absolute Gasteiger partial charge is 0.00219 e. The van der Waals surface area contributed by atoms with Crippen LogP contribution in [0.4, 0.5) is 0 Å². The Bertz CT molecular complexity index is 190. The Morgan fingerprint density at radius 3 is 2.58 bits per heavy atom. The van der Waals surface area contributed by atoms with E-state index in [2.05, 4.69) is 35.6 Å². The molecule has 0 amide bonds. The van der Waals surface area contributed by atoms with Gasteiger partial charge in [0.05, 0.1) is 0 Å². The lowest BCUT2D eigenvalue weighted by Crippen LogP contribution is -2.25. The Balaban J connectivity index is 2.25. The van der Waals surface area contributed by atoms with E-state index in [0.717, 1.165) is 0 Å². The van der Waals surface area contributed by atoms with E-state index in [1.54, 1.807) is 11.3 Å². The Morgan fingerprint density at radius 2 is 2.08 bits per heavy atom. The molecular weight excluding hydrogens is 166 g/mol. The van der Waals surface area contributed by atoms with Crippen LogP contribution in [-0.4, -0.2) is 24.5 Å². The molecule has 12 heavy (non-hydrogen) atoms. The van der Waals surface area contributed by atoms with Crippen LogP contribution in [0.5, 0.6) is 0 Å². The summed E-state index contributed by atoms with van der Waals surface area (Å²) in [4.78, 5) is 2.46. The van der Waals surface area contributed by atoms with Gasteiger partial charge in [0.25, 0.3) is 0 Å². The average Bonchev–Trinajstić information content (AvgIpc) is 2.59. The van der Waals surface area contributed by atoms with Crippen LogP contribution in [0.2, 0.25) is 0 Å². The van der Waals surface area contributed by atoms with E-state index < -0.39 is 0 Å². The Hall–Kier alpha value is -0.340. The normalized spacial score (nSPS) is 10.9. The van der Waals surface area contributed by atoms with E-state index in [-0.39, 0.29) is 0 Å². The Morgan fingerprint density at radius 1 is 1.33 bits per heavy atom. The van der Waals surface area contributed by atoms with Gasteiger partial charge in [0.1, 0.15) is 0 Å². The molecule has 0 aromatic carbocycles. The third-order valence-corrected chi connectivity index (χ3v) is 2.92. The van der Waals surface area contributed by atoms with Crippen LogP contribution >= 0.6 is 11.3 Å². The zero-order chi connectivity index (χ0) is 8.81. The topological polar surface area (TPSA) is 3.24 Å². The molecule has 0 saturated carbocycles. The van der Waals surface area contributed by atoms with Gasteiger partial charge in [0.15, 0.2) is 0 Å². The van der Waals surface area contributed by atoms with Crippen LogP contribution < -0.4 is 0 Å². The molecule has 1 aromatic rings. The first-order valence-corrected chi connectivity index (χ1v) is 5.54. The summed E-state index contributed by atoms with van der Waals surface area (Å²) in [5.74, 6) is 0. The third-order valence-electron chi connectivity index (χ3n) is 2.19. The van der Waals surface area contributed by atoms with E-state index in [0.29, 0.717) is 0 Å². The summed E-state index contributed by atoms with van der Waals surface area (Å²) in [6, 6.07) is 2.22. The number of likely N-dealkylation sites (N-methyl/N-ethyl adjacent to an activating group) is 1. The van der Waals surface area contributed by atoms with Crippen LogP contribution in [0.15, 0.2) is 16.8 Å². The number of thiophene rings is 1. The zero-order valence-corrected chi connectivity index (χ0v) is 8.73. The van der Waals surface area contributed by atoms with Crippen LogP contribution in [0.25, 0.3) is 0 Å². The van der Waals surface area contributed by atoms with Gasteiger partial charge in [-0.25, -0.2) is 0 Å². The zero-order valence-electron chi connectivity index (χ0n) is 7.92. The lowest BCUT2D eigenvalue weighted by molar-refractivity contribution is 0.308. The Labute approximate surface area is 79.0 Å². The maximum Gasteiger partial charge on any atom is 0.00219 e. The molecule has 1 nitrogen and oxygen atoms in total. The largest absolute Gasteiger partial charge is 0.304 e. The van der Waals surface area contributed by atoms with Gasteiger partial charge in [0.2, 0.25) is 0 Å². The van der Waals surface area contributed by atoms with E-state index >= 15 is 0 Å². The minimum atomic E-state index is 1.17. The fraction of sp³-hybridized carbons (Fsp3) is 0.600. The molecular formula is C10H17NS. The molecule has 0 aliphatic heterocycles. The molecule has 0 aliphatic carbocycles. The highest BCUT2D eigenvalue weighted by Crippen LogP contribution is 2.07. The predicted molar refractivity (Wildman–Crippen MR) is 55.8 cm³/mol. The SMILES string of the molecule is CCN(CC)CCc1ccsc1. The van der Waals surface area contributed by atoms with Crippen molar-refractivity contribution < 1.29 is 0 Å². The Kier molecular flexibility index (Phi) is 4.33. The molecule has 2 heteroatoms. The summed E-state index contributed by atoms with van der Waals surface area (Å²) in [5.41, 5.74) is 1.48. The second-order valence-electron chi connectivity index (χ2n) is 2.91. The molecule has 0 N–H and O–H groups in total. The number of hydrogen-bond donors (Lipinski definition) is 0. The van der Waals surface area contributed by atoms with Crippen molar-refractivity contribution in [2.45, 2.75) is 20.3 Å². The van der Waals surface area contributed by atoms with Crippen molar-refractivity contribution in [1.29, 1.82) is 0 Å². The van der Waals surface area contributed by atoms with Crippen molar-refractivity contribution in [3.8, 4) is 0 Å². The first-order chi connectivity index (χ1) is 5.86. The summed E-state index contributed by atoms with van der Waals surface area (Å²) in [6.45, 7) is 7.97. The molecule has 0 aliphatic rings. The predicted octanol–water partition coefficient (Wildman–Crippen LogP) is 2.63. The van der Waals surface area contributed by atoms with Gasteiger partial charge in [-0.15, -0.1) is 0 Å². The summed E-state index contributed by atoms with van der Waals surface area (Å²) in [5, 5.41) is 4.39. The quantitative estimate of drug-likeness (QED) is 0.678. The fourth-order valence-electron chi connectivity index (χ4n) is 1.26. The van der Waals surface area contributed by atoms with Gasteiger partial charge in [0, 0.05) is 6.54 Å². The second kappa shape index (κ2) is 5.33. The summed E-state index contributed by atoms with van der Waals surface area (Å²) < 4.78 is 0. The number of rotatable bonds is 5. The van der Waals surface area contributed by atoms with Gasteiger partial charge in [-0.05, 0) is 41.9 Å². The monoisotopic (exact) mass is 183 g/mol. The highest BCUT2D eigenvalue weighted by Gasteiger charge is 1.99. The van der Waals surface area contributed by atoms with Gasteiger partial charge in [-0.3, -0.25) is 0 Å².